The first kappa shape index (κ1) is 14.0. The number of likely N-dealkylation sites (tertiary alicyclic amines) is 1. The van der Waals surface area contributed by atoms with E-state index in [1.807, 2.05) is 0 Å². The second-order valence-electron chi connectivity index (χ2n) is 5.43. The van der Waals surface area contributed by atoms with Gasteiger partial charge in [0.15, 0.2) is 6.23 Å². The fourth-order valence-corrected chi connectivity index (χ4v) is 2.93. The van der Waals surface area contributed by atoms with Gasteiger partial charge in [-0.1, -0.05) is 26.7 Å². The highest BCUT2D eigenvalue weighted by Gasteiger charge is 2.35. The molecule has 0 aromatic carbocycles. The van der Waals surface area contributed by atoms with Gasteiger partial charge in [-0.25, -0.2) is 0 Å². The molecule has 1 aliphatic heterocycles. The lowest BCUT2D eigenvalue weighted by Crippen LogP contribution is -2.56. The summed E-state index contributed by atoms with van der Waals surface area (Å²) in [5.74, 6) is 0. The Bertz CT molecular complexity index is 174. The van der Waals surface area contributed by atoms with Crippen LogP contribution in [-0.4, -0.2) is 35.5 Å². The minimum Gasteiger partial charge on any atom is -0.345 e. The molecule has 1 unspecified atom stereocenters. The van der Waals surface area contributed by atoms with Crippen LogP contribution in [0.15, 0.2) is 0 Å². The van der Waals surface area contributed by atoms with Crippen LogP contribution in [0.4, 0.5) is 0 Å². The molecule has 1 N–H and O–H groups in total. The highest BCUT2D eigenvalue weighted by atomic mass is 16.3. The van der Waals surface area contributed by atoms with Gasteiger partial charge in [0, 0.05) is 6.42 Å². The predicted octanol–water partition coefficient (Wildman–Crippen LogP) is 3.30. The molecule has 1 heterocycles. The number of aliphatic hydroxyl groups is 1. The Morgan fingerprint density at radius 2 is 1.62 bits per heavy atom. The van der Waals surface area contributed by atoms with E-state index in [-0.39, 0.29) is 6.23 Å². The van der Waals surface area contributed by atoms with Crippen molar-refractivity contribution in [3.05, 3.63) is 0 Å². The van der Waals surface area contributed by atoms with E-state index in [9.17, 15) is 5.11 Å². The van der Waals surface area contributed by atoms with Gasteiger partial charge in [-0.15, -0.1) is 0 Å². The number of unbranched alkanes of at least 4 members (excludes halogenated alkanes) is 2. The van der Waals surface area contributed by atoms with E-state index in [0.29, 0.717) is 0 Å². The second-order valence-corrected chi connectivity index (χ2v) is 5.43. The van der Waals surface area contributed by atoms with Crippen molar-refractivity contribution in [2.45, 2.75) is 71.4 Å². The largest absolute Gasteiger partial charge is 0.345 e. The molecule has 0 bridgehead atoms. The van der Waals surface area contributed by atoms with Crippen molar-refractivity contribution in [1.29, 1.82) is 0 Å². The number of hydrogen-bond donors (Lipinski definition) is 1. The average molecular weight is 228 g/mol. The summed E-state index contributed by atoms with van der Waals surface area (Å²) < 4.78 is 1.00. The molecule has 0 saturated carbocycles. The predicted molar refractivity (Wildman–Crippen MR) is 69.2 cm³/mol. The van der Waals surface area contributed by atoms with Crippen LogP contribution in [0.5, 0.6) is 0 Å². The van der Waals surface area contributed by atoms with Crippen LogP contribution in [0.3, 0.4) is 0 Å². The maximum Gasteiger partial charge on any atom is 0.190 e. The quantitative estimate of drug-likeness (QED) is 0.692. The van der Waals surface area contributed by atoms with Gasteiger partial charge in [-0.3, -0.25) is 4.48 Å². The molecule has 0 aromatic rings. The molecule has 0 amide bonds. The third-order valence-electron chi connectivity index (χ3n) is 4.11. The van der Waals surface area contributed by atoms with Gasteiger partial charge in [0.05, 0.1) is 19.6 Å². The van der Waals surface area contributed by atoms with Crippen molar-refractivity contribution in [2.24, 2.45) is 0 Å². The summed E-state index contributed by atoms with van der Waals surface area (Å²) in [7, 11) is 0. The van der Waals surface area contributed by atoms with Gasteiger partial charge in [-0.2, -0.15) is 0 Å². The van der Waals surface area contributed by atoms with Gasteiger partial charge < -0.3 is 5.11 Å². The smallest absolute Gasteiger partial charge is 0.190 e. The van der Waals surface area contributed by atoms with Crippen molar-refractivity contribution < 1.29 is 9.59 Å². The van der Waals surface area contributed by atoms with Gasteiger partial charge in [0.25, 0.3) is 0 Å². The molecule has 0 aromatic heterocycles. The number of aliphatic hydroxyl groups excluding tert-OH is 1. The second kappa shape index (κ2) is 7.29. The SMILES string of the molecule is CCCC[N+]1(CCCC)CCCCCC1O. The van der Waals surface area contributed by atoms with Crippen LogP contribution in [-0.2, 0) is 0 Å². The molecular weight excluding hydrogens is 198 g/mol. The number of nitrogens with zero attached hydrogens (tertiary/aromatic N) is 1. The maximum atomic E-state index is 10.4. The fourth-order valence-electron chi connectivity index (χ4n) is 2.93. The molecule has 96 valence electrons. The molecule has 2 heteroatoms. The number of rotatable bonds is 6. The van der Waals surface area contributed by atoms with E-state index in [1.54, 1.807) is 0 Å². The van der Waals surface area contributed by atoms with Gasteiger partial charge in [0.1, 0.15) is 0 Å². The summed E-state index contributed by atoms with van der Waals surface area (Å²) in [5.41, 5.74) is 0. The van der Waals surface area contributed by atoms with Crippen molar-refractivity contribution in [3.63, 3.8) is 0 Å². The lowest BCUT2D eigenvalue weighted by Gasteiger charge is -2.41. The van der Waals surface area contributed by atoms with Gasteiger partial charge in [0.2, 0.25) is 0 Å². The molecule has 1 aliphatic rings. The van der Waals surface area contributed by atoms with E-state index in [1.165, 1.54) is 64.6 Å². The Labute approximate surface area is 101 Å². The summed E-state index contributed by atoms with van der Waals surface area (Å²) in [6.45, 7) is 8.09. The summed E-state index contributed by atoms with van der Waals surface area (Å²) in [6, 6.07) is 0. The van der Waals surface area contributed by atoms with E-state index >= 15 is 0 Å². The minimum atomic E-state index is -0.0828. The summed E-state index contributed by atoms with van der Waals surface area (Å²) >= 11 is 0. The fraction of sp³-hybridized carbons (Fsp3) is 1.00. The molecule has 1 fully saturated rings. The van der Waals surface area contributed by atoms with E-state index in [0.717, 1.165) is 10.9 Å². The molecule has 1 atom stereocenters. The zero-order valence-electron chi connectivity index (χ0n) is 11.2. The van der Waals surface area contributed by atoms with Crippen molar-refractivity contribution >= 4 is 0 Å². The molecule has 0 radical (unpaired) electrons. The zero-order valence-corrected chi connectivity index (χ0v) is 11.2. The van der Waals surface area contributed by atoms with Gasteiger partial charge in [-0.05, 0) is 32.1 Å². The lowest BCUT2D eigenvalue weighted by atomic mass is 10.1. The van der Waals surface area contributed by atoms with Gasteiger partial charge >= 0.3 is 0 Å². The highest BCUT2D eigenvalue weighted by Crippen LogP contribution is 2.25. The lowest BCUT2D eigenvalue weighted by molar-refractivity contribution is -0.970. The Morgan fingerprint density at radius 1 is 1.00 bits per heavy atom. The number of quaternary nitrogens is 1. The van der Waals surface area contributed by atoms with Crippen molar-refractivity contribution in [2.75, 3.05) is 19.6 Å². The highest BCUT2D eigenvalue weighted by molar-refractivity contribution is 4.58. The molecule has 1 saturated heterocycles. The zero-order chi connectivity index (χ0) is 11.9. The van der Waals surface area contributed by atoms with Crippen LogP contribution >= 0.6 is 0 Å². The van der Waals surface area contributed by atoms with E-state index in [2.05, 4.69) is 13.8 Å². The third-order valence-corrected chi connectivity index (χ3v) is 4.11. The summed E-state index contributed by atoms with van der Waals surface area (Å²) in [5, 5.41) is 10.4. The van der Waals surface area contributed by atoms with Crippen LogP contribution in [0, 0.1) is 0 Å². The van der Waals surface area contributed by atoms with Crippen molar-refractivity contribution in [3.8, 4) is 0 Å². The monoisotopic (exact) mass is 228 g/mol. The standard InChI is InChI=1S/C14H30NO/c1-3-5-11-15(12-6-4-2)13-9-7-8-10-14(15)16/h14,16H,3-13H2,1-2H3/q+1. The third kappa shape index (κ3) is 3.74. The molecule has 16 heavy (non-hydrogen) atoms. The molecular formula is C14H30NO+. The van der Waals surface area contributed by atoms with E-state index in [4.69, 9.17) is 0 Å². The molecule has 0 spiro atoms. The summed E-state index contributed by atoms with van der Waals surface area (Å²) in [4.78, 5) is 0. The van der Waals surface area contributed by atoms with Crippen molar-refractivity contribution in [1.82, 2.24) is 0 Å². The summed E-state index contributed by atoms with van der Waals surface area (Å²) in [6.07, 6.45) is 9.81. The Hall–Kier alpha value is -0.0800. The minimum absolute atomic E-state index is 0.0828. The van der Waals surface area contributed by atoms with E-state index < -0.39 is 0 Å². The van der Waals surface area contributed by atoms with Crippen LogP contribution in [0.2, 0.25) is 0 Å². The first-order valence-corrected chi connectivity index (χ1v) is 7.29. The van der Waals surface area contributed by atoms with Crippen LogP contribution in [0.25, 0.3) is 0 Å². The average Bonchev–Trinajstić information content (AvgIpc) is 2.48. The maximum absolute atomic E-state index is 10.4. The molecule has 2 nitrogen and oxygen atoms in total. The first-order chi connectivity index (χ1) is 7.75. The number of hydrogen-bond acceptors (Lipinski definition) is 1. The Balaban J connectivity index is 2.63. The molecule has 1 rings (SSSR count). The Kier molecular flexibility index (Phi) is 6.37. The molecule has 0 aliphatic carbocycles. The van der Waals surface area contributed by atoms with Crippen LogP contribution < -0.4 is 0 Å². The topological polar surface area (TPSA) is 20.2 Å². The normalized spacial score (nSPS) is 25.3. The van der Waals surface area contributed by atoms with Crippen LogP contribution in [0.1, 0.15) is 65.2 Å². The Morgan fingerprint density at radius 3 is 2.19 bits per heavy atom. The first-order valence-electron chi connectivity index (χ1n) is 7.29.